The number of thioether (sulfide) groups is 1. The van der Waals surface area contributed by atoms with Gasteiger partial charge >= 0.3 is 6.18 Å². The standard InChI is InChI=1S/C19H19F3N4OS/c1-5-28-17-11(6-10(2)3)14(27)9-24-16(17)18-25-12-7-15(19(20,21)22)23-8-13(12)26(18)4/h7-9,27H,2,5-6H2,1,3-4H3. The van der Waals surface area contributed by atoms with Gasteiger partial charge in [-0.25, -0.2) is 15.0 Å². The molecule has 3 heterocycles. The van der Waals surface area contributed by atoms with Gasteiger partial charge in [-0.3, -0.25) is 0 Å². The number of hydrogen-bond donors (Lipinski definition) is 1. The van der Waals surface area contributed by atoms with Crippen LogP contribution in [-0.4, -0.2) is 30.4 Å². The van der Waals surface area contributed by atoms with Crippen molar-refractivity contribution < 1.29 is 18.3 Å². The molecule has 0 saturated heterocycles. The normalized spacial score (nSPS) is 11.9. The number of pyridine rings is 2. The largest absolute Gasteiger partial charge is 0.506 e. The Hall–Kier alpha value is -2.55. The number of fused-ring (bicyclic) bond motifs is 1. The minimum absolute atomic E-state index is 0.0579. The zero-order valence-electron chi connectivity index (χ0n) is 15.6. The molecule has 0 bridgehead atoms. The minimum atomic E-state index is -4.54. The van der Waals surface area contributed by atoms with Crippen molar-refractivity contribution in [2.45, 2.75) is 31.3 Å². The smallest absolute Gasteiger partial charge is 0.433 e. The van der Waals surface area contributed by atoms with Gasteiger partial charge in [0.1, 0.15) is 17.1 Å². The molecule has 9 heteroatoms. The van der Waals surface area contributed by atoms with Gasteiger partial charge in [-0.05, 0) is 25.2 Å². The van der Waals surface area contributed by atoms with Gasteiger partial charge in [-0.2, -0.15) is 13.2 Å². The van der Waals surface area contributed by atoms with Gasteiger partial charge in [0.25, 0.3) is 0 Å². The van der Waals surface area contributed by atoms with Crippen molar-refractivity contribution in [2.24, 2.45) is 7.05 Å². The number of aromatic nitrogens is 4. The molecule has 0 amide bonds. The van der Waals surface area contributed by atoms with E-state index in [9.17, 15) is 18.3 Å². The van der Waals surface area contributed by atoms with Crippen LogP contribution in [0.1, 0.15) is 25.1 Å². The second-order valence-electron chi connectivity index (χ2n) is 6.42. The summed E-state index contributed by atoms with van der Waals surface area (Å²) in [5.41, 5.74) is 1.72. The lowest BCUT2D eigenvalue weighted by atomic mass is 10.1. The van der Waals surface area contributed by atoms with E-state index in [1.165, 1.54) is 18.0 Å². The lowest BCUT2D eigenvalue weighted by molar-refractivity contribution is -0.141. The number of rotatable bonds is 5. The van der Waals surface area contributed by atoms with E-state index < -0.39 is 11.9 Å². The van der Waals surface area contributed by atoms with Crippen LogP contribution in [0.5, 0.6) is 5.75 Å². The van der Waals surface area contributed by atoms with Gasteiger partial charge in [-0.15, -0.1) is 11.8 Å². The zero-order valence-corrected chi connectivity index (χ0v) is 16.4. The Balaban J connectivity index is 2.24. The molecule has 0 fully saturated rings. The Morgan fingerprint density at radius 1 is 1.29 bits per heavy atom. The molecule has 5 nitrogen and oxygen atoms in total. The van der Waals surface area contributed by atoms with Crippen molar-refractivity contribution in [1.29, 1.82) is 0 Å². The van der Waals surface area contributed by atoms with E-state index in [2.05, 4.69) is 21.5 Å². The molecule has 0 aromatic carbocycles. The fraction of sp³-hybridized carbons (Fsp3) is 0.316. The predicted molar refractivity (Wildman–Crippen MR) is 103 cm³/mol. The van der Waals surface area contributed by atoms with Gasteiger partial charge in [0.2, 0.25) is 0 Å². The number of hydrogen-bond acceptors (Lipinski definition) is 5. The maximum atomic E-state index is 13.0. The summed E-state index contributed by atoms with van der Waals surface area (Å²) < 4.78 is 40.6. The van der Waals surface area contributed by atoms with Gasteiger partial charge in [0.05, 0.1) is 23.4 Å². The third kappa shape index (κ3) is 3.71. The van der Waals surface area contributed by atoms with Crippen LogP contribution in [0.15, 0.2) is 35.5 Å². The topological polar surface area (TPSA) is 63.8 Å². The first kappa shape index (κ1) is 20.2. The first-order valence-electron chi connectivity index (χ1n) is 8.51. The summed E-state index contributed by atoms with van der Waals surface area (Å²) in [4.78, 5) is 13.0. The van der Waals surface area contributed by atoms with Crippen LogP contribution in [0, 0.1) is 0 Å². The van der Waals surface area contributed by atoms with Crippen molar-refractivity contribution >= 4 is 22.8 Å². The summed E-state index contributed by atoms with van der Waals surface area (Å²) in [6.07, 6.45) is -1.57. The van der Waals surface area contributed by atoms with Crippen molar-refractivity contribution in [3.05, 3.63) is 41.9 Å². The van der Waals surface area contributed by atoms with E-state index >= 15 is 0 Å². The lowest BCUT2D eigenvalue weighted by Crippen LogP contribution is -2.07. The monoisotopic (exact) mass is 408 g/mol. The Kier molecular flexibility index (Phi) is 5.38. The second-order valence-corrected chi connectivity index (χ2v) is 7.69. The fourth-order valence-corrected chi connectivity index (χ4v) is 3.83. The van der Waals surface area contributed by atoms with Crippen LogP contribution >= 0.6 is 11.8 Å². The molecular formula is C19H19F3N4OS. The van der Waals surface area contributed by atoms with Gasteiger partial charge in [0.15, 0.2) is 5.82 Å². The Morgan fingerprint density at radius 2 is 2.00 bits per heavy atom. The molecule has 0 unspecified atom stereocenters. The highest BCUT2D eigenvalue weighted by Gasteiger charge is 2.33. The number of aromatic hydroxyl groups is 1. The SMILES string of the molecule is C=C(C)Cc1c(O)cnc(-c2nc3cc(C(F)(F)F)ncc3n2C)c1SCC. The van der Waals surface area contributed by atoms with Crippen LogP contribution < -0.4 is 0 Å². The molecule has 0 radical (unpaired) electrons. The van der Waals surface area contributed by atoms with Gasteiger partial charge < -0.3 is 9.67 Å². The van der Waals surface area contributed by atoms with Crippen LogP contribution in [0.2, 0.25) is 0 Å². The van der Waals surface area contributed by atoms with Crippen LogP contribution in [0.4, 0.5) is 13.2 Å². The first-order chi connectivity index (χ1) is 13.1. The summed E-state index contributed by atoms with van der Waals surface area (Å²) in [7, 11) is 1.70. The van der Waals surface area contributed by atoms with Crippen molar-refractivity contribution in [1.82, 2.24) is 19.5 Å². The predicted octanol–water partition coefficient (Wildman–Crippen LogP) is 4.99. The molecule has 0 aliphatic rings. The Bertz CT molecular complexity index is 1060. The molecular weight excluding hydrogens is 389 g/mol. The van der Waals surface area contributed by atoms with Crippen molar-refractivity contribution in [2.75, 3.05) is 5.75 Å². The fourth-order valence-electron chi connectivity index (χ4n) is 2.91. The van der Waals surface area contributed by atoms with Crippen LogP contribution in [0.25, 0.3) is 22.6 Å². The summed E-state index contributed by atoms with van der Waals surface area (Å²) in [5.74, 6) is 1.20. The van der Waals surface area contributed by atoms with Crippen molar-refractivity contribution in [3.63, 3.8) is 0 Å². The van der Waals surface area contributed by atoms with E-state index in [4.69, 9.17) is 0 Å². The number of alkyl halides is 3. The Morgan fingerprint density at radius 3 is 2.61 bits per heavy atom. The Labute approximate surface area is 164 Å². The van der Waals surface area contributed by atoms with E-state index in [0.29, 0.717) is 29.0 Å². The summed E-state index contributed by atoms with van der Waals surface area (Å²) in [5, 5.41) is 10.3. The number of halogens is 3. The molecule has 148 valence electrons. The molecule has 0 aliphatic heterocycles. The van der Waals surface area contributed by atoms with Crippen LogP contribution in [-0.2, 0) is 19.6 Å². The molecule has 0 atom stereocenters. The van der Waals surface area contributed by atoms with E-state index in [0.717, 1.165) is 28.5 Å². The molecule has 3 rings (SSSR count). The third-order valence-electron chi connectivity index (χ3n) is 4.15. The molecule has 0 saturated carbocycles. The minimum Gasteiger partial charge on any atom is -0.506 e. The molecule has 0 spiro atoms. The molecule has 1 N–H and O–H groups in total. The van der Waals surface area contributed by atoms with Gasteiger partial charge in [0, 0.05) is 17.5 Å². The highest BCUT2D eigenvalue weighted by molar-refractivity contribution is 7.99. The zero-order chi connectivity index (χ0) is 20.6. The molecule has 28 heavy (non-hydrogen) atoms. The first-order valence-corrected chi connectivity index (χ1v) is 9.50. The highest BCUT2D eigenvalue weighted by atomic mass is 32.2. The van der Waals surface area contributed by atoms with Crippen molar-refractivity contribution in [3.8, 4) is 17.3 Å². The van der Waals surface area contributed by atoms with Crippen LogP contribution in [0.3, 0.4) is 0 Å². The van der Waals surface area contributed by atoms with E-state index in [1.807, 2.05) is 13.8 Å². The van der Waals surface area contributed by atoms with E-state index in [-0.39, 0.29) is 11.3 Å². The second kappa shape index (κ2) is 7.46. The average molecular weight is 408 g/mol. The summed E-state index contributed by atoms with van der Waals surface area (Å²) in [6, 6.07) is 0.931. The van der Waals surface area contributed by atoms with E-state index in [1.54, 1.807) is 11.6 Å². The summed E-state index contributed by atoms with van der Waals surface area (Å²) >= 11 is 1.49. The molecule has 3 aromatic rings. The lowest BCUT2D eigenvalue weighted by Gasteiger charge is -2.14. The highest BCUT2D eigenvalue weighted by Crippen LogP contribution is 2.38. The maximum absolute atomic E-state index is 13.0. The third-order valence-corrected chi connectivity index (χ3v) is 5.17. The number of allylic oxidation sites excluding steroid dienone is 1. The quantitative estimate of drug-likeness (QED) is 0.476. The molecule has 0 aliphatic carbocycles. The number of nitrogens with zero attached hydrogens (tertiary/aromatic N) is 4. The maximum Gasteiger partial charge on any atom is 0.433 e. The molecule has 3 aromatic heterocycles. The number of aryl methyl sites for hydroxylation is 1. The summed E-state index contributed by atoms with van der Waals surface area (Å²) in [6.45, 7) is 7.73. The number of imidazole rings is 1. The average Bonchev–Trinajstić information content (AvgIpc) is 2.93. The van der Waals surface area contributed by atoms with Gasteiger partial charge in [-0.1, -0.05) is 19.1 Å².